The molecule has 212 valence electrons. The summed E-state index contributed by atoms with van der Waals surface area (Å²) in [6.07, 6.45) is 0. The molecule has 0 bridgehead atoms. The van der Waals surface area contributed by atoms with E-state index in [9.17, 15) is 21.6 Å². The van der Waals surface area contributed by atoms with Crippen LogP contribution in [0.4, 0.5) is 0 Å². The molecule has 11 heteroatoms. The highest BCUT2D eigenvalue weighted by atomic mass is 32.2. The molecule has 1 amide bonds. The number of benzene rings is 3. The normalized spacial score (nSPS) is 17.9. The number of hydrazone groups is 1. The number of sulfonamides is 2. The summed E-state index contributed by atoms with van der Waals surface area (Å²) < 4.78 is 55.9. The number of nitrogens with one attached hydrogen (secondary N) is 1. The molecule has 0 aliphatic carbocycles. The minimum atomic E-state index is -4.10. The first kappa shape index (κ1) is 29.6. The molecule has 4 rings (SSSR count). The molecule has 1 aliphatic heterocycles. The van der Waals surface area contributed by atoms with Gasteiger partial charge in [-0.25, -0.2) is 22.3 Å². The molecule has 0 spiro atoms. The number of rotatable bonds is 7. The zero-order valence-corrected chi connectivity index (χ0v) is 24.6. The minimum Gasteiger partial charge on any atom is -0.271 e. The number of hydrogen-bond donors (Lipinski definition) is 1. The van der Waals surface area contributed by atoms with Crippen LogP contribution in [0.3, 0.4) is 0 Å². The van der Waals surface area contributed by atoms with Gasteiger partial charge in [0.25, 0.3) is 5.91 Å². The summed E-state index contributed by atoms with van der Waals surface area (Å²) in [6.45, 7) is 7.42. The van der Waals surface area contributed by atoms with Gasteiger partial charge in [0.15, 0.2) is 0 Å². The third kappa shape index (κ3) is 6.33. The van der Waals surface area contributed by atoms with Gasteiger partial charge in [0.2, 0.25) is 20.0 Å². The molecule has 9 nitrogen and oxygen atoms in total. The monoisotopic (exact) mass is 582 g/mol. The summed E-state index contributed by atoms with van der Waals surface area (Å²) in [5.41, 5.74) is 4.93. The molecule has 0 radical (unpaired) electrons. The Labute approximate surface area is 236 Å². The number of hydrogen-bond acceptors (Lipinski definition) is 6. The van der Waals surface area contributed by atoms with Crippen molar-refractivity contribution in [1.29, 1.82) is 0 Å². The van der Waals surface area contributed by atoms with Crippen molar-refractivity contribution >= 4 is 31.7 Å². The second-order valence-electron chi connectivity index (χ2n) is 10.6. The maximum atomic E-state index is 13.5. The zero-order chi connectivity index (χ0) is 29.1. The van der Waals surface area contributed by atoms with Crippen LogP contribution in [0.25, 0.3) is 0 Å². The van der Waals surface area contributed by atoms with Gasteiger partial charge in [0.1, 0.15) is 6.04 Å². The second kappa shape index (κ2) is 11.6. The maximum absolute atomic E-state index is 13.5. The Morgan fingerprint density at radius 1 is 0.800 bits per heavy atom. The van der Waals surface area contributed by atoms with Crippen molar-refractivity contribution in [3.63, 3.8) is 0 Å². The summed E-state index contributed by atoms with van der Waals surface area (Å²) >= 11 is 0. The van der Waals surface area contributed by atoms with Crippen molar-refractivity contribution in [2.24, 2.45) is 5.10 Å². The molecular formula is C29H34N4O5S2. The van der Waals surface area contributed by atoms with E-state index in [-0.39, 0.29) is 34.8 Å². The molecule has 3 aromatic carbocycles. The number of carbonyl (C=O) groups excluding carboxylic acids is 1. The molecular weight excluding hydrogens is 548 g/mol. The van der Waals surface area contributed by atoms with Gasteiger partial charge in [0, 0.05) is 19.6 Å². The lowest BCUT2D eigenvalue weighted by Crippen LogP contribution is -2.60. The van der Waals surface area contributed by atoms with Crippen LogP contribution in [-0.4, -0.2) is 62.7 Å². The third-order valence-electron chi connectivity index (χ3n) is 6.83. The predicted octanol–water partition coefficient (Wildman–Crippen LogP) is 3.59. The minimum absolute atomic E-state index is 0.0154. The standard InChI is InChI=1S/C29H34N4O5S2/c1-22(23-15-17-24(18-16-23)29(2,3)4)30-31-28(34)27-21-32(39(35,36)25-11-7-5-8-12-25)19-20-33(27)40(37,38)26-13-9-6-10-14-26/h5-18,27H,19-21H2,1-4H3,(H,31,34)/b30-22+. The van der Waals surface area contributed by atoms with Crippen LogP contribution in [0.5, 0.6) is 0 Å². The summed E-state index contributed by atoms with van der Waals surface area (Å²) in [5.74, 6) is -0.724. The highest BCUT2D eigenvalue weighted by Gasteiger charge is 2.43. The van der Waals surface area contributed by atoms with Crippen molar-refractivity contribution in [2.45, 2.75) is 48.9 Å². The average Bonchev–Trinajstić information content (AvgIpc) is 2.96. The number of amides is 1. The van der Waals surface area contributed by atoms with Crippen LogP contribution in [-0.2, 0) is 30.3 Å². The summed E-state index contributed by atoms with van der Waals surface area (Å²) in [6, 6.07) is 22.1. The number of nitrogens with zero attached hydrogens (tertiary/aromatic N) is 3. The molecule has 1 aliphatic rings. The lowest BCUT2D eigenvalue weighted by molar-refractivity contribution is -0.125. The lowest BCUT2D eigenvalue weighted by atomic mass is 9.86. The fourth-order valence-corrected chi connectivity index (χ4v) is 7.47. The molecule has 1 N–H and O–H groups in total. The Kier molecular flexibility index (Phi) is 8.60. The first-order chi connectivity index (χ1) is 18.8. The molecule has 40 heavy (non-hydrogen) atoms. The number of carbonyl (C=O) groups is 1. The lowest BCUT2D eigenvalue weighted by Gasteiger charge is -2.38. The summed E-state index contributed by atoms with van der Waals surface area (Å²) in [5, 5.41) is 4.22. The fourth-order valence-electron chi connectivity index (χ4n) is 4.42. The zero-order valence-electron chi connectivity index (χ0n) is 23.0. The SMILES string of the molecule is C/C(=N\NC(=O)C1CN(S(=O)(=O)c2ccccc2)CCN1S(=O)(=O)c1ccccc1)c1ccc(C(C)(C)C)cc1. The molecule has 1 fully saturated rings. The largest absolute Gasteiger partial charge is 0.271 e. The highest BCUT2D eigenvalue weighted by molar-refractivity contribution is 7.89. The maximum Gasteiger partial charge on any atom is 0.259 e. The molecule has 1 saturated heterocycles. The van der Waals surface area contributed by atoms with Gasteiger partial charge in [-0.15, -0.1) is 0 Å². The third-order valence-corrected chi connectivity index (χ3v) is 10.6. The average molecular weight is 583 g/mol. The van der Waals surface area contributed by atoms with Crippen LogP contribution in [0, 0.1) is 0 Å². The van der Waals surface area contributed by atoms with Crippen LogP contribution in [0.2, 0.25) is 0 Å². The van der Waals surface area contributed by atoms with Crippen LogP contribution in [0.1, 0.15) is 38.8 Å². The smallest absolute Gasteiger partial charge is 0.259 e. The molecule has 0 aromatic heterocycles. The van der Waals surface area contributed by atoms with Gasteiger partial charge in [0.05, 0.1) is 15.5 Å². The van der Waals surface area contributed by atoms with E-state index in [0.29, 0.717) is 5.71 Å². The van der Waals surface area contributed by atoms with Gasteiger partial charge >= 0.3 is 0 Å². The van der Waals surface area contributed by atoms with Gasteiger partial charge in [-0.2, -0.15) is 13.7 Å². The van der Waals surface area contributed by atoms with E-state index in [1.807, 2.05) is 24.3 Å². The Hall–Kier alpha value is -3.38. The van der Waals surface area contributed by atoms with E-state index in [1.54, 1.807) is 43.3 Å². The van der Waals surface area contributed by atoms with Gasteiger partial charge in [-0.1, -0.05) is 81.4 Å². The topological polar surface area (TPSA) is 116 Å². The van der Waals surface area contributed by atoms with Gasteiger partial charge in [-0.05, 0) is 47.7 Å². The predicted molar refractivity (Wildman–Crippen MR) is 155 cm³/mol. The van der Waals surface area contributed by atoms with Crippen LogP contribution in [0.15, 0.2) is 99.8 Å². The van der Waals surface area contributed by atoms with Crippen molar-refractivity contribution in [1.82, 2.24) is 14.0 Å². The van der Waals surface area contributed by atoms with E-state index in [0.717, 1.165) is 19.7 Å². The fraction of sp³-hybridized carbons (Fsp3) is 0.310. The van der Waals surface area contributed by atoms with Crippen molar-refractivity contribution in [3.8, 4) is 0 Å². The molecule has 1 atom stereocenters. The van der Waals surface area contributed by atoms with Crippen LogP contribution < -0.4 is 5.43 Å². The molecule has 3 aromatic rings. The first-order valence-corrected chi connectivity index (χ1v) is 15.8. The van der Waals surface area contributed by atoms with Crippen molar-refractivity contribution in [3.05, 3.63) is 96.1 Å². The van der Waals surface area contributed by atoms with E-state index < -0.39 is 32.0 Å². The van der Waals surface area contributed by atoms with E-state index in [4.69, 9.17) is 0 Å². The van der Waals surface area contributed by atoms with Gasteiger partial charge in [-0.3, -0.25) is 4.79 Å². The highest BCUT2D eigenvalue weighted by Crippen LogP contribution is 2.26. The van der Waals surface area contributed by atoms with Gasteiger partial charge < -0.3 is 0 Å². The Morgan fingerprint density at radius 3 is 1.85 bits per heavy atom. The van der Waals surface area contributed by atoms with Crippen molar-refractivity contribution < 1.29 is 21.6 Å². The first-order valence-electron chi connectivity index (χ1n) is 12.9. The van der Waals surface area contributed by atoms with E-state index in [1.165, 1.54) is 24.3 Å². The van der Waals surface area contributed by atoms with E-state index >= 15 is 0 Å². The molecule has 1 unspecified atom stereocenters. The summed E-state index contributed by atoms with van der Waals surface area (Å²) in [7, 11) is -8.05. The quantitative estimate of drug-likeness (QED) is 0.338. The Balaban J connectivity index is 1.62. The van der Waals surface area contributed by atoms with Crippen LogP contribution >= 0.6 is 0 Å². The second-order valence-corrected chi connectivity index (χ2v) is 14.4. The van der Waals surface area contributed by atoms with Crippen molar-refractivity contribution in [2.75, 3.05) is 19.6 Å². The summed E-state index contributed by atoms with van der Waals surface area (Å²) in [4.78, 5) is 13.6. The van der Waals surface area contributed by atoms with E-state index in [2.05, 4.69) is 31.3 Å². The number of piperazine rings is 1. The molecule has 1 heterocycles. The molecule has 0 saturated carbocycles. The Bertz CT molecular complexity index is 1580. The Morgan fingerprint density at radius 2 is 1.32 bits per heavy atom.